The number of hydrogen-bond acceptors (Lipinski definition) is 5. The maximum absolute atomic E-state index is 12.6. The Morgan fingerprint density at radius 2 is 2.04 bits per heavy atom. The molecule has 2 amide bonds. The second-order valence-electron chi connectivity index (χ2n) is 5.48. The molecule has 1 N–H and O–H groups in total. The molecular formula is C18H14BrN3O2S2. The highest BCUT2D eigenvalue weighted by atomic mass is 79.9. The molecular weight excluding hydrogens is 434 g/mol. The van der Waals surface area contributed by atoms with Gasteiger partial charge < -0.3 is 10.2 Å². The molecule has 0 saturated carbocycles. The van der Waals surface area contributed by atoms with Crippen LogP contribution in [0.1, 0.15) is 10.4 Å². The van der Waals surface area contributed by atoms with Crippen LogP contribution in [0.15, 0.2) is 46.3 Å². The number of hydrogen-bond donors (Lipinski definition) is 1. The van der Waals surface area contributed by atoms with Crippen molar-refractivity contribution in [1.29, 1.82) is 5.26 Å². The van der Waals surface area contributed by atoms with Crippen LogP contribution in [0.4, 0.5) is 5.69 Å². The van der Waals surface area contributed by atoms with Crippen molar-refractivity contribution in [2.45, 2.75) is 6.04 Å². The highest BCUT2D eigenvalue weighted by Crippen LogP contribution is 2.25. The molecule has 2 heterocycles. The van der Waals surface area contributed by atoms with E-state index in [1.807, 2.05) is 18.2 Å². The van der Waals surface area contributed by atoms with Gasteiger partial charge in [0.15, 0.2) is 0 Å². The molecule has 132 valence electrons. The van der Waals surface area contributed by atoms with Crippen LogP contribution < -0.4 is 5.32 Å². The molecule has 1 aromatic heterocycles. The largest absolute Gasteiger partial charge is 0.324 e. The van der Waals surface area contributed by atoms with Gasteiger partial charge in [-0.25, -0.2) is 0 Å². The van der Waals surface area contributed by atoms with Gasteiger partial charge in [-0.3, -0.25) is 9.59 Å². The van der Waals surface area contributed by atoms with E-state index in [-0.39, 0.29) is 11.8 Å². The van der Waals surface area contributed by atoms with Gasteiger partial charge in [-0.15, -0.1) is 23.1 Å². The number of carbonyl (C=O) groups is 2. The molecule has 0 bridgehead atoms. The number of anilines is 1. The van der Waals surface area contributed by atoms with Gasteiger partial charge in [0.25, 0.3) is 0 Å². The van der Waals surface area contributed by atoms with Crippen LogP contribution in [0, 0.1) is 11.3 Å². The monoisotopic (exact) mass is 447 g/mol. The number of benzene rings is 1. The molecule has 1 fully saturated rings. The average molecular weight is 448 g/mol. The van der Waals surface area contributed by atoms with E-state index in [1.54, 1.807) is 47.0 Å². The van der Waals surface area contributed by atoms with Gasteiger partial charge in [0.1, 0.15) is 6.04 Å². The summed E-state index contributed by atoms with van der Waals surface area (Å²) in [6.07, 6.45) is 3.27. The number of amides is 2. The van der Waals surface area contributed by atoms with Crippen molar-refractivity contribution in [2.75, 3.05) is 16.9 Å². The van der Waals surface area contributed by atoms with Crippen LogP contribution in [-0.4, -0.2) is 34.4 Å². The summed E-state index contributed by atoms with van der Waals surface area (Å²) >= 11 is 6.48. The van der Waals surface area contributed by atoms with Crippen molar-refractivity contribution < 1.29 is 9.59 Å². The van der Waals surface area contributed by atoms with E-state index in [9.17, 15) is 9.59 Å². The first-order valence-corrected chi connectivity index (χ1v) is 10.5. The Balaban J connectivity index is 1.64. The standard InChI is InChI=1S/C18H14BrN3O2S2/c19-16-7-5-14(26-16)6-8-17(23)22-11-25-10-15(22)18(24)21-13-3-1-12(9-20)2-4-13/h1-8,15H,10-11H2,(H,21,24)/b8-6+. The van der Waals surface area contributed by atoms with E-state index in [2.05, 4.69) is 21.2 Å². The average Bonchev–Trinajstić information content (AvgIpc) is 3.29. The molecule has 0 aliphatic carbocycles. The van der Waals surface area contributed by atoms with Crippen molar-refractivity contribution in [2.24, 2.45) is 0 Å². The maximum atomic E-state index is 12.6. The Morgan fingerprint density at radius 1 is 1.27 bits per heavy atom. The van der Waals surface area contributed by atoms with Gasteiger partial charge in [0.05, 0.1) is 21.3 Å². The van der Waals surface area contributed by atoms with Crippen LogP contribution in [0.2, 0.25) is 0 Å². The summed E-state index contributed by atoms with van der Waals surface area (Å²) in [5.74, 6) is 0.648. The zero-order valence-electron chi connectivity index (χ0n) is 13.5. The highest BCUT2D eigenvalue weighted by Gasteiger charge is 2.33. The fourth-order valence-corrected chi connectivity index (χ4v) is 4.89. The van der Waals surface area contributed by atoms with Crippen LogP contribution in [0.5, 0.6) is 0 Å². The molecule has 3 rings (SSSR count). The maximum Gasteiger partial charge on any atom is 0.248 e. The van der Waals surface area contributed by atoms with E-state index in [0.29, 0.717) is 22.9 Å². The number of carbonyl (C=O) groups excluding carboxylic acids is 2. The number of nitriles is 1. The normalized spacial score (nSPS) is 16.6. The topological polar surface area (TPSA) is 73.2 Å². The molecule has 2 aromatic rings. The van der Waals surface area contributed by atoms with Gasteiger partial charge in [-0.1, -0.05) is 0 Å². The molecule has 0 radical (unpaired) electrons. The van der Waals surface area contributed by atoms with Crippen LogP contribution in [0.25, 0.3) is 6.08 Å². The number of halogens is 1. The van der Waals surface area contributed by atoms with E-state index >= 15 is 0 Å². The van der Waals surface area contributed by atoms with E-state index < -0.39 is 6.04 Å². The molecule has 1 aromatic carbocycles. The number of rotatable bonds is 4. The lowest BCUT2D eigenvalue weighted by atomic mass is 10.2. The molecule has 26 heavy (non-hydrogen) atoms. The number of thioether (sulfide) groups is 1. The van der Waals surface area contributed by atoms with E-state index in [4.69, 9.17) is 5.26 Å². The summed E-state index contributed by atoms with van der Waals surface area (Å²) in [4.78, 5) is 27.6. The minimum atomic E-state index is -0.511. The smallest absolute Gasteiger partial charge is 0.248 e. The Bertz CT molecular complexity index is 887. The Kier molecular flexibility index (Phi) is 6.14. The molecule has 5 nitrogen and oxygen atoms in total. The van der Waals surface area contributed by atoms with Crippen LogP contribution >= 0.6 is 39.0 Å². The summed E-state index contributed by atoms with van der Waals surface area (Å²) in [6, 6.07) is 12.0. The number of nitrogens with zero attached hydrogens (tertiary/aromatic N) is 2. The van der Waals surface area contributed by atoms with Crippen LogP contribution in [0.3, 0.4) is 0 Å². The molecule has 1 saturated heterocycles. The minimum Gasteiger partial charge on any atom is -0.324 e. The summed E-state index contributed by atoms with van der Waals surface area (Å²) in [5.41, 5.74) is 1.14. The van der Waals surface area contributed by atoms with Crippen molar-refractivity contribution in [3.63, 3.8) is 0 Å². The third kappa shape index (κ3) is 4.55. The van der Waals surface area contributed by atoms with Crippen molar-refractivity contribution in [3.05, 3.63) is 56.7 Å². The first-order chi connectivity index (χ1) is 12.6. The highest BCUT2D eigenvalue weighted by molar-refractivity contribution is 9.11. The lowest BCUT2D eigenvalue weighted by molar-refractivity contribution is -0.132. The first kappa shape index (κ1) is 18.7. The van der Waals surface area contributed by atoms with Crippen molar-refractivity contribution >= 4 is 62.6 Å². The Hall–Kier alpha value is -2.08. The van der Waals surface area contributed by atoms with Gasteiger partial charge in [0, 0.05) is 22.4 Å². The lowest BCUT2D eigenvalue weighted by Crippen LogP contribution is -2.43. The lowest BCUT2D eigenvalue weighted by Gasteiger charge is -2.21. The molecule has 1 aliphatic heterocycles. The van der Waals surface area contributed by atoms with Crippen molar-refractivity contribution in [1.82, 2.24) is 4.90 Å². The predicted molar refractivity (Wildman–Crippen MR) is 109 cm³/mol. The Labute approximate surface area is 167 Å². The van der Waals surface area contributed by atoms with Gasteiger partial charge in [-0.2, -0.15) is 5.26 Å². The first-order valence-electron chi connectivity index (χ1n) is 7.69. The minimum absolute atomic E-state index is 0.181. The van der Waals surface area contributed by atoms with E-state index in [1.165, 1.54) is 17.4 Å². The fraction of sp³-hybridized carbons (Fsp3) is 0.167. The quantitative estimate of drug-likeness (QED) is 0.720. The fourth-order valence-electron chi connectivity index (χ4n) is 2.40. The molecule has 1 aliphatic rings. The molecule has 0 spiro atoms. The summed E-state index contributed by atoms with van der Waals surface area (Å²) in [6.45, 7) is 0. The SMILES string of the molecule is N#Cc1ccc(NC(=O)C2CSCN2C(=O)/C=C/c2ccc(Br)s2)cc1. The summed E-state index contributed by atoms with van der Waals surface area (Å²) in [7, 11) is 0. The third-order valence-corrected chi connectivity index (χ3v) is 6.33. The molecule has 1 atom stereocenters. The third-order valence-electron chi connectivity index (χ3n) is 3.73. The number of nitrogens with one attached hydrogen (secondary N) is 1. The van der Waals surface area contributed by atoms with Gasteiger partial charge in [-0.05, 0) is 58.4 Å². The van der Waals surface area contributed by atoms with E-state index in [0.717, 1.165) is 8.66 Å². The van der Waals surface area contributed by atoms with Crippen LogP contribution in [-0.2, 0) is 9.59 Å². The number of thiophene rings is 1. The second kappa shape index (κ2) is 8.54. The zero-order chi connectivity index (χ0) is 18.5. The molecule has 1 unspecified atom stereocenters. The second-order valence-corrected chi connectivity index (χ2v) is 8.97. The van der Waals surface area contributed by atoms with Crippen molar-refractivity contribution in [3.8, 4) is 6.07 Å². The predicted octanol–water partition coefficient (Wildman–Crippen LogP) is 3.94. The molecule has 8 heteroatoms. The summed E-state index contributed by atoms with van der Waals surface area (Å²) < 4.78 is 1.00. The summed E-state index contributed by atoms with van der Waals surface area (Å²) in [5, 5.41) is 11.6. The van der Waals surface area contributed by atoms with Gasteiger partial charge >= 0.3 is 0 Å². The van der Waals surface area contributed by atoms with Gasteiger partial charge in [0.2, 0.25) is 11.8 Å². The zero-order valence-corrected chi connectivity index (χ0v) is 16.7. The Morgan fingerprint density at radius 3 is 2.69 bits per heavy atom.